The molecule has 1 radical (unpaired) electrons. The minimum atomic E-state index is -3.67. The zero-order valence-electron chi connectivity index (χ0n) is 11.0. The van der Waals surface area contributed by atoms with Gasteiger partial charge in [-0.05, 0) is 36.2 Å². The van der Waals surface area contributed by atoms with Gasteiger partial charge in [-0.1, -0.05) is 28.1 Å². The van der Waals surface area contributed by atoms with E-state index in [1.165, 1.54) is 16.2 Å². The Morgan fingerprint density at radius 1 is 1.29 bits per heavy atom. The van der Waals surface area contributed by atoms with Crippen molar-refractivity contribution in [2.75, 3.05) is 0 Å². The summed E-state index contributed by atoms with van der Waals surface area (Å²) >= 11 is 3.39. The molecular weight excluding hydrogens is 352 g/mol. The third-order valence-corrected chi connectivity index (χ3v) is 5.57. The number of benzene rings is 1. The Kier molecular flexibility index (Phi) is 3.59. The van der Waals surface area contributed by atoms with Gasteiger partial charge in [-0.15, -0.1) is 0 Å². The van der Waals surface area contributed by atoms with Gasteiger partial charge in [-0.3, -0.25) is 4.98 Å². The lowest BCUT2D eigenvalue weighted by Gasteiger charge is -2.07. The largest absolute Gasteiger partial charge is 0.269 e. The first kappa shape index (κ1) is 14.3. The molecular formula is C15H12BrN2O2S. The van der Waals surface area contributed by atoms with Crippen molar-refractivity contribution in [3.8, 4) is 0 Å². The monoisotopic (exact) mass is 363 g/mol. The molecule has 0 saturated carbocycles. The molecule has 3 aromatic rings. The third-order valence-electron chi connectivity index (χ3n) is 3.26. The van der Waals surface area contributed by atoms with Crippen LogP contribution in [0.2, 0.25) is 0 Å². The molecule has 21 heavy (non-hydrogen) atoms. The van der Waals surface area contributed by atoms with Crippen LogP contribution >= 0.6 is 15.9 Å². The summed E-state index contributed by atoms with van der Waals surface area (Å²) < 4.78 is 26.8. The zero-order valence-corrected chi connectivity index (χ0v) is 13.4. The van der Waals surface area contributed by atoms with Crippen LogP contribution in [-0.2, 0) is 15.4 Å². The first-order valence-electron chi connectivity index (χ1n) is 6.21. The lowest BCUT2D eigenvalue weighted by Crippen LogP contribution is -2.12. The third kappa shape index (κ3) is 2.38. The predicted octanol–water partition coefficient (Wildman–Crippen LogP) is 3.35. The van der Waals surface area contributed by atoms with E-state index in [0.29, 0.717) is 16.4 Å². The van der Waals surface area contributed by atoms with Gasteiger partial charge >= 0.3 is 0 Å². The fraction of sp³-hybridized carbons (Fsp3) is 0.0667. The van der Waals surface area contributed by atoms with Crippen molar-refractivity contribution in [2.45, 2.75) is 10.2 Å². The summed E-state index contributed by atoms with van der Waals surface area (Å²) in [5.74, 6) is 0. The molecule has 0 N–H and O–H groups in total. The van der Waals surface area contributed by atoms with E-state index in [9.17, 15) is 8.42 Å². The van der Waals surface area contributed by atoms with Crippen molar-refractivity contribution >= 4 is 36.9 Å². The predicted molar refractivity (Wildman–Crippen MR) is 85.8 cm³/mol. The van der Waals surface area contributed by atoms with Crippen LogP contribution in [0.5, 0.6) is 0 Å². The second kappa shape index (κ2) is 5.27. The number of halogens is 1. The maximum absolute atomic E-state index is 12.7. The van der Waals surface area contributed by atoms with Crippen LogP contribution in [0.25, 0.3) is 10.9 Å². The Morgan fingerprint density at radius 2 is 2.10 bits per heavy atom. The van der Waals surface area contributed by atoms with E-state index in [0.717, 1.165) is 10.9 Å². The second-order valence-corrected chi connectivity index (χ2v) is 7.00. The van der Waals surface area contributed by atoms with E-state index in [1.807, 2.05) is 18.2 Å². The molecule has 4 nitrogen and oxygen atoms in total. The number of hydrogen-bond acceptors (Lipinski definition) is 3. The van der Waals surface area contributed by atoms with Crippen LogP contribution in [-0.4, -0.2) is 17.4 Å². The quantitative estimate of drug-likeness (QED) is 0.670. The molecule has 107 valence electrons. The van der Waals surface area contributed by atoms with Crippen LogP contribution in [0.3, 0.4) is 0 Å². The maximum Gasteiger partial charge on any atom is 0.269 e. The molecule has 3 rings (SSSR count). The van der Waals surface area contributed by atoms with Gasteiger partial charge in [-0.25, -0.2) is 12.4 Å². The smallest absolute Gasteiger partial charge is 0.263 e. The molecule has 6 heteroatoms. The molecule has 0 amide bonds. The van der Waals surface area contributed by atoms with Gasteiger partial charge in [0, 0.05) is 29.3 Å². The van der Waals surface area contributed by atoms with Gasteiger partial charge in [0.15, 0.2) is 0 Å². The Labute approximate surface area is 131 Å². The summed E-state index contributed by atoms with van der Waals surface area (Å²) in [4.78, 5) is 4.04. The van der Waals surface area contributed by atoms with E-state index >= 15 is 0 Å². The molecule has 2 heterocycles. The fourth-order valence-electron chi connectivity index (χ4n) is 2.21. The molecule has 0 atom stereocenters. The first-order chi connectivity index (χ1) is 10.0. The van der Waals surface area contributed by atoms with Gasteiger partial charge in [0.2, 0.25) is 0 Å². The topological polar surface area (TPSA) is 52.0 Å². The number of nitrogens with zero attached hydrogens (tertiary/aromatic N) is 2. The van der Waals surface area contributed by atoms with E-state index < -0.39 is 10.0 Å². The van der Waals surface area contributed by atoms with Gasteiger partial charge in [0.1, 0.15) is 4.90 Å². The average molecular weight is 364 g/mol. The molecule has 0 spiro atoms. The van der Waals surface area contributed by atoms with Crippen molar-refractivity contribution in [3.05, 3.63) is 67.0 Å². The van der Waals surface area contributed by atoms with Crippen LogP contribution in [0.4, 0.5) is 0 Å². The highest BCUT2D eigenvalue weighted by atomic mass is 79.9. The Morgan fingerprint density at radius 3 is 2.76 bits per heavy atom. The second-order valence-electron chi connectivity index (χ2n) is 4.63. The van der Waals surface area contributed by atoms with Crippen LogP contribution in [0.1, 0.15) is 11.1 Å². The molecule has 0 aliphatic carbocycles. The standard InChI is InChI=1S/C15H12BrN2O2S/c1-11-10-18(15-7-12(8-16)4-5-14(11)15)21(19,20)13-3-2-6-17-9-13/h2-7,9-10H,1,8H2. The van der Waals surface area contributed by atoms with Crippen molar-refractivity contribution < 1.29 is 8.42 Å². The Hall–Kier alpha value is -1.66. The number of fused-ring (bicyclic) bond motifs is 1. The van der Waals surface area contributed by atoms with Crippen molar-refractivity contribution in [1.29, 1.82) is 0 Å². The summed E-state index contributed by atoms with van der Waals surface area (Å²) in [7, 11) is -3.67. The van der Waals surface area contributed by atoms with E-state index in [-0.39, 0.29) is 4.90 Å². The zero-order chi connectivity index (χ0) is 15.0. The molecule has 0 bridgehead atoms. The number of hydrogen-bond donors (Lipinski definition) is 0. The summed E-state index contributed by atoms with van der Waals surface area (Å²) in [5, 5.41) is 1.49. The number of aromatic nitrogens is 2. The number of pyridine rings is 1. The first-order valence-corrected chi connectivity index (χ1v) is 8.77. The lowest BCUT2D eigenvalue weighted by molar-refractivity contribution is 0.588. The van der Waals surface area contributed by atoms with Crippen LogP contribution < -0.4 is 0 Å². The molecule has 0 saturated heterocycles. The van der Waals surface area contributed by atoms with Gasteiger partial charge in [0.25, 0.3) is 10.0 Å². The Balaban J connectivity index is 2.30. The SMILES string of the molecule is [CH2]c1cn(S(=O)(=O)c2cccnc2)c2cc(CBr)ccc12. The summed E-state index contributed by atoms with van der Waals surface area (Å²) in [6.45, 7) is 3.92. The minimum Gasteiger partial charge on any atom is -0.263 e. The fourth-order valence-corrected chi connectivity index (χ4v) is 3.90. The van der Waals surface area contributed by atoms with Gasteiger partial charge < -0.3 is 0 Å². The number of rotatable bonds is 3. The normalized spacial score (nSPS) is 11.9. The lowest BCUT2D eigenvalue weighted by atomic mass is 10.1. The van der Waals surface area contributed by atoms with Gasteiger partial charge in [0.05, 0.1) is 5.52 Å². The Bertz CT molecular complexity index is 902. The molecule has 0 aliphatic heterocycles. The molecule has 0 fully saturated rings. The van der Waals surface area contributed by atoms with Crippen LogP contribution in [0.15, 0.2) is 53.8 Å². The average Bonchev–Trinajstić information content (AvgIpc) is 2.85. The van der Waals surface area contributed by atoms with Crippen molar-refractivity contribution in [3.63, 3.8) is 0 Å². The highest BCUT2D eigenvalue weighted by Crippen LogP contribution is 2.26. The van der Waals surface area contributed by atoms with Crippen molar-refractivity contribution in [2.24, 2.45) is 0 Å². The van der Waals surface area contributed by atoms with E-state index in [2.05, 4.69) is 27.8 Å². The molecule has 1 aromatic carbocycles. The van der Waals surface area contributed by atoms with Gasteiger partial charge in [-0.2, -0.15) is 0 Å². The molecule has 2 aromatic heterocycles. The summed E-state index contributed by atoms with van der Waals surface area (Å²) in [6.07, 6.45) is 4.44. The van der Waals surface area contributed by atoms with Crippen molar-refractivity contribution in [1.82, 2.24) is 8.96 Å². The summed E-state index contributed by atoms with van der Waals surface area (Å²) in [6, 6.07) is 8.84. The highest BCUT2D eigenvalue weighted by molar-refractivity contribution is 9.08. The maximum atomic E-state index is 12.7. The molecule has 0 unspecified atom stereocenters. The minimum absolute atomic E-state index is 0.158. The van der Waals surface area contributed by atoms with E-state index in [4.69, 9.17) is 0 Å². The highest BCUT2D eigenvalue weighted by Gasteiger charge is 2.20. The molecule has 0 aliphatic rings. The number of alkyl halides is 1. The van der Waals surface area contributed by atoms with Crippen LogP contribution in [0, 0.1) is 6.92 Å². The summed E-state index contributed by atoms with van der Waals surface area (Å²) in [5.41, 5.74) is 2.31. The van der Waals surface area contributed by atoms with E-state index in [1.54, 1.807) is 18.5 Å².